The van der Waals surface area contributed by atoms with Crippen molar-refractivity contribution >= 4 is 5.96 Å². The van der Waals surface area contributed by atoms with Crippen LogP contribution in [0, 0.1) is 0 Å². The van der Waals surface area contributed by atoms with E-state index in [9.17, 15) is 0 Å². The third-order valence-electron chi connectivity index (χ3n) is 3.60. The van der Waals surface area contributed by atoms with Gasteiger partial charge < -0.3 is 20.1 Å². The molecule has 2 aromatic rings. The monoisotopic (exact) mass is 356 g/mol. The van der Waals surface area contributed by atoms with E-state index in [4.69, 9.17) is 9.47 Å². The van der Waals surface area contributed by atoms with Crippen LogP contribution in [0.4, 0.5) is 0 Å². The van der Waals surface area contributed by atoms with Crippen LogP contribution in [-0.4, -0.2) is 30.7 Å². The summed E-state index contributed by atoms with van der Waals surface area (Å²) in [5.74, 6) is 2.27. The van der Waals surface area contributed by atoms with Gasteiger partial charge in [-0.25, -0.2) is 9.98 Å². The lowest BCUT2D eigenvalue weighted by atomic mass is 10.2. The summed E-state index contributed by atoms with van der Waals surface area (Å²) in [7, 11) is 0. The van der Waals surface area contributed by atoms with Crippen molar-refractivity contribution in [1.82, 2.24) is 15.6 Å². The van der Waals surface area contributed by atoms with Crippen molar-refractivity contribution in [2.24, 2.45) is 4.99 Å². The molecule has 0 atom stereocenters. The van der Waals surface area contributed by atoms with Gasteiger partial charge in [0, 0.05) is 30.4 Å². The molecule has 0 bridgehead atoms. The number of guanidine groups is 1. The van der Waals surface area contributed by atoms with Crippen molar-refractivity contribution in [3.8, 4) is 11.6 Å². The van der Waals surface area contributed by atoms with Crippen molar-refractivity contribution < 1.29 is 9.47 Å². The molecule has 1 aromatic heterocycles. The molecule has 0 saturated carbocycles. The maximum Gasteiger partial charge on any atom is 0.218 e. The lowest BCUT2D eigenvalue weighted by Gasteiger charge is -2.14. The van der Waals surface area contributed by atoms with E-state index in [1.54, 1.807) is 6.20 Å². The molecular weight excluding hydrogens is 328 g/mol. The first-order valence-corrected chi connectivity index (χ1v) is 9.08. The van der Waals surface area contributed by atoms with Crippen LogP contribution in [0.5, 0.6) is 11.6 Å². The number of para-hydroxylation sites is 1. The molecule has 26 heavy (non-hydrogen) atoms. The van der Waals surface area contributed by atoms with Gasteiger partial charge in [0.25, 0.3) is 0 Å². The molecule has 140 valence electrons. The lowest BCUT2D eigenvalue weighted by Crippen LogP contribution is -2.36. The predicted octanol–water partition coefficient (Wildman–Crippen LogP) is 3.13. The van der Waals surface area contributed by atoms with E-state index < -0.39 is 0 Å². The highest BCUT2D eigenvalue weighted by Crippen LogP contribution is 2.18. The standard InChI is InChI=1S/C20H28N4O2/c1-4-21-20(23-14-16-10-7-8-12-18(16)25-5-2)24-15-17-11-9-13-22-19(17)26-6-3/h7-13H,4-6,14-15H2,1-3H3,(H2,21,23,24). The van der Waals surface area contributed by atoms with Crippen molar-refractivity contribution in [2.75, 3.05) is 19.8 Å². The quantitative estimate of drug-likeness (QED) is 0.534. The molecule has 6 nitrogen and oxygen atoms in total. The zero-order valence-corrected chi connectivity index (χ0v) is 15.8. The number of aliphatic imine (C=N–C) groups is 1. The minimum atomic E-state index is 0.492. The summed E-state index contributed by atoms with van der Waals surface area (Å²) in [6.07, 6.45) is 1.73. The number of aromatic nitrogens is 1. The van der Waals surface area contributed by atoms with Gasteiger partial charge in [0.1, 0.15) is 5.75 Å². The van der Waals surface area contributed by atoms with Gasteiger partial charge >= 0.3 is 0 Å². The average molecular weight is 356 g/mol. The Bertz CT molecular complexity index is 704. The third kappa shape index (κ3) is 5.95. The second-order valence-corrected chi connectivity index (χ2v) is 5.49. The Kier molecular flexibility index (Phi) is 8.26. The van der Waals surface area contributed by atoms with Gasteiger partial charge in [0.2, 0.25) is 5.88 Å². The first-order chi connectivity index (χ1) is 12.8. The molecule has 2 rings (SSSR count). The molecule has 6 heteroatoms. The summed E-state index contributed by atoms with van der Waals surface area (Å²) in [6, 6.07) is 11.9. The first kappa shape index (κ1) is 19.6. The summed E-state index contributed by atoms with van der Waals surface area (Å²) < 4.78 is 11.2. The number of rotatable bonds is 9. The fourth-order valence-corrected chi connectivity index (χ4v) is 2.44. The van der Waals surface area contributed by atoms with E-state index in [1.807, 2.05) is 51.1 Å². The summed E-state index contributed by atoms with van der Waals surface area (Å²) in [5, 5.41) is 6.62. The number of nitrogens with one attached hydrogen (secondary N) is 2. The first-order valence-electron chi connectivity index (χ1n) is 9.08. The number of pyridine rings is 1. The normalized spacial score (nSPS) is 11.1. The van der Waals surface area contributed by atoms with Crippen molar-refractivity contribution in [3.63, 3.8) is 0 Å². The zero-order valence-electron chi connectivity index (χ0n) is 15.8. The van der Waals surface area contributed by atoms with Gasteiger partial charge in [0.15, 0.2) is 5.96 Å². The van der Waals surface area contributed by atoms with Crippen LogP contribution in [0.25, 0.3) is 0 Å². The van der Waals surface area contributed by atoms with Crippen molar-refractivity contribution in [2.45, 2.75) is 33.9 Å². The summed E-state index contributed by atoms with van der Waals surface area (Å²) in [5.41, 5.74) is 2.05. The topological polar surface area (TPSA) is 67.8 Å². The molecule has 1 aromatic carbocycles. The Morgan fingerprint density at radius 1 is 0.962 bits per heavy atom. The second-order valence-electron chi connectivity index (χ2n) is 5.49. The predicted molar refractivity (Wildman–Crippen MR) is 105 cm³/mol. The third-order valence-corrected chi connectivity index (χ3v) is 3.60. The average Bonchev–Trinajstić information content (AvgIpc) is 2.66. The number of benzene rings is 1. The van der Waals surface area contributed by atoms with Crippen LogP contribution in [0.2, 0.25) is 0 Å². The fourth-order valence-electron chi connectivity index (χ4n) is 2.44. The Hall–Kier alpha value is -2.76. The van der Waals surface area contributed by atoms with Gasteiger partial charge in [0.05, 0.1) is 19.8 Å². The summed E-state index contributed by atoms with van der Waals surface area (Å²) in [6.45, 7) is 9.11. The molecule has 0 aliphatic carbocycles. The van der Waals surface area contributed by atoms with Crippen LogP contribution in [0.1, 0.15) is 31.9 Å². The van der Waals surface area contributed by atoms with E-state index in [1.165, 1.54) is 0 Å². The van der Waals surface area contributed by atoms with Crippen molar-refractivity contribution in [3.05, 3.63) is 53.7 Å². The molecule has 1 heterocycles. The highest BCUT2D eigenvalue weighted by molar-refractivity contribution is 5.79. The molecule has 0 fully saturated rings. The maximum atomic E-state index is 5.68. The fraction of sp³-hybridized carbons (Fsp3) is 0.400. The van der Waals surface area contributed by atoms with Crippen LogP contribution in [-0.2, 0) is 13.1 Å². The number of nitrogens with zero attached hydrogens (tertiary/aromatic N) is 2. The van der Waals surface area contributed by atoms with E-state index in [2.05, 4.69) is 26.7 Å². The largest absolute Gasteiger partial charge is 0.494 e. The maximum absolute atomic E-state index is 5.68. The van der Waals surface area contributed by atoms with E-state index >= 15 is 0 Å². The molecule has 0 radical (unpaired) electrons. The minimum Gasteiger partial charge on any atom is -0.494 e. The van der Waals surface area contributed by atoms with Gasteiger partial charge in [-0.15, -0.1) is 0 Å². The van der Waals surface area contributed by atoms with Gasteiger partial charge in [-0.2, -0.15) is 0 Å². The SMILES string of the molecule is CCNC(=NCc1cccnc1OCC)NCc1ccccc1OCC. The lowest BCUT2D eigenvalue weighted by molar-refractivity contribution is 0.323. The Morgan fingerprint density at radius 3 is 2.50 bits per heavy atom. The second kappa shape index (κ2) is 11.0. The highest BCUT2D eigenvalue weighted by Gasteiger charge is 2.06. The number of hydrogen-bond acceptors (Lipinski definition) is 4. The van der Waals surface area contributed by atoms with Crippen LogP contribution >= 0.6 is 0 Å². The molecule has 0 aliphatic heterocycles. The van der Waals surface area contributed by atoms with Crippen LogP contribution < -0.4 is 20.1 Å². The van der Waals surface area contributed by atoms with Crippen LogP contribution in [0.15, 0.2) is 47.6 Å². The molecule has 0 spiro atoms. The van der Waals surface area contributed by atoms with Gasteiger partial charge in [-0.1, -0.05) is 24.3 Å². The molecule has 0 amide bonds. The number of ether oxygens (including phenoxy) is 2. The van der Waals surface area contributed by atoms with E-state index in [0.29, 0.717) is 32.2 Å². The summed E-state index contributed by atoms with van der Waals surface area (Å²) in [4.78, 5) is 8.92. The van der Waals surface area contributed by atoms with Gasteiger partial charge in [-0.05, 0) is 32.9 Å². The van der Waals surface area contributed by atoms with Crippen LogP contribution in [0.3, 0.4) is 0 Å². The molecule has 0 unspecified atom stereocenters. The number of hydrogen-bond donors (Lipinski definition) is 2. The Balaban J connectivity index is 2.06. The minimum absolute atomic E-state index is 0.492. The highest BCUT2D eigenvalue weighted by atomic mass is 16.5. The molecular formula is C20H28N4O2. The summed E-state index contributed by atoms with van der Waals surface area (Å²) >= 11 is 0. The Labute approximate surface area is 155 Å². The molecule has 0 saturated heterocycles. The zero-order chi connectivity index (χ0) is 18.6. The van der Waals surface area contributed by atoms with E-state index in [-0.39, 0.29) is 0 Å². The molecule has 2 N–H and O–H groups in total. The Morgan fingerprint density at radius 2 is 1.73 bits per heavy atom. The van der Waals surface area contributed by atoms with Gasteiger partial charge in [-0.3, -0.25) is 0 Å². The smallest absolute Gasteiger partial charge is 0.218 e. The van der Waals surface area contributed by atoms with E-state index in [0.717, 1.165) is 29.4 Å². The van der Waals surface area contributed by atoms with Crippen molar-refractivity contribution in [1.29, 1.82) is 0 Å². The molecule has 0 aliphatic rings.